The van der Waals surface area contributed by atoms with Gasteiger partial charge in [0.05, 0.1) is 18.0 Å². The van der Waals surface area contributed by atoms with Crippen LogP contribution in [0.3, 0.4) is 0 Å². The number of aromatic nitrogens is 1. The van der Waals surface area contributed by atoms with Crippen LogP contribution in [0.1, 0.15) is 19.4 Å². The molecule has 0 fully saturated rings. The molecule has 1 aromatic carbocycles. The highest BCUT2D eigenvalue weighted by Crippen LogP contribution is 2.41. The van der Waals surface area contributed by atoms with Gasteiger partial charge in [-0.05, 0) is 43.7 Å². The van der Waals surface area contributed by atoms with Gasteiger partial charge in [0.25, 0.3) is 0 Å². The molecule has 1 aliphatic rings. The summed E-state index contributed by atoms with van der Waals surface area (Å²) in [6.45, 7) is 4.69. The van der Waals surface area contributed by atoms with Gasteiger partial charge in [-0.25, -0.2) is 13.4 Å². The highest BCUT2D eigenvalue weighted by atomic mass is 32.2. The normalized spacial score (nSPS) is 16.2. The van der Waals surface area contributed by atoms with E-state index in [4.69, 9.17) is 4.74 Å². The predicted octanol–water partition coefficient (Wildman–Crippen LogP) is 2.50. The molecule has 0 aliphatic carbocycles. The highest BCUT2D eigenvalue weighted by molar-refractivity contribution is 7.71. The van der Waals surface area contributed by atoms with Crippen LogP contribution in [0.25, 0.3) is 0 Å². The van der Waals surface area contributed by atoms with Crippen LogP contribution in [0.4, 0.5) is 11.5 Å². The average molecular weight is 318 g/mol. The van der Waals surface area contributed by atoms with Crippen molar-refractivity contribution < 1.29 is 13.2 Å². The SMILES string of the molecule is CC1(C)CN(c2ccccn2)c2cc(C[SH](=O)=O)ccc2O1. The van der Waals surface area contributed by atoms with Crippen LogP contribution in [0.2, 0.25) is 0 Å². The Bertz CT molecular complexity index is 749. The minimum Gasteiger partial charge on any atom is -0.484 e. The first-order chi connectivity index (χ1) is 10.4. The van der Waals surface area contributed by atoms with Crippen molar-refractivity contribution in [1.82, 2.24) is 4.98 Å². The van der Waals surface area contributed by atoms with E-state index in [1.54, 1.807) is 12.3 Å². The van der Waals surface area contributed by atoms with Gasteiger partial charge < -0.3 is 9.64 Å². The van der Waals surface area contributed by atoms with Crippen LogP contribution < -0.4 is 9.64 Å². The Labute approximate surface area is 131 Å². The van der Waals surface area contributed by atoms with E-state index < -0.39 is 10.7 Å². The number of benzene rings is 1. The van der Waals surface area contributed by atoms with E-state index >= 15 is 0 Å². The summed E-state index contributed by atoms with van der Waals surface area (Å²) >= 11 is 0. The Balaban J connectivity index is 2.08. The van der Waals surface area contributed by atoms with Crippen LogP contribution in [0.15, 0.2) is 42.6 Å². The third kappa shape index (κ3) is 3.06. The number of fused-ring (bicyclic) bond motifs is 1. The molecular weight excluding hydrogens is 300 g/mol. The molecule has 0 radical (unpaired) electrons. The molecule has 0 atom stereocenters. The van der Waals surface area contributed by atoms with E-state index in [0.29, 0.717) is 6.54 Å². The lowest BCUT2D eigenvalue weighted by atomic mass is 10.0. The third-order valence-corrected chi connectivity index (χ3v) is 4.10. The molecule has 0 bridgehead atoms. The van der Waals surface area contributed by atoms with E-state index in [1.165, 1.54) is 0 Å². The smallest absolute Gasteiger partial charge is 0.144 e. The minimum atomic E-state index is -2.45. The fourth-order valence-electron chi connectivity index (χ4n) is 2.62. The molecule has 0 unspecified atom stereocenters. The van der Waals surface area contributed by atoms with Crippen LogP contribution in [0.5, 0.6) is 5.75 Å². The fraction of sp³-hybridized carbons (Fsp3) is 0.312. The van der Waals surface area contributed by atoms with Gasteiger partial charge in [0, 0.05) is 6.20 Å². The highest BCUT2D eigenvalue weighted by Gasteiger charge is 2.33. The van der Waals surface area contributed by atoms with Crippen molar-refractivity contribution in [3.05, 3.63) is 48.2 Å². The summed E-state index contributed by atoms with van der Waals surface area (Å²) in [7, 11) is -2.45. The van der Waals surface area contributed by atoms with Crippen molar-refractivity contribution in [2.45, 2.75) is 25.2 Å². The molecule has 6 heteroatoms. The van der Waals surface area contributed by atoms with E-state index in [-0.39, 0.29) is 11.4 Å². The Morgan fingerprint density at radius 3 is 2.77 bits per heavy atom. The van der Waals surface area contributed by atoms with Crippen LogP contribution in [-0.2, 0) is 16.5 Å². The first-order valence-electron chi connectivity index (χ1n) is 7.07. The zero-order valence-electron chi connectivity index (χ0n) is 12.5. The Morgan fingerprint density at radius 2 is 2.09 bits per heavy atom. The summed E-state index contributed by atoms with van der Waals surface area (Å²) < 4.78 is 28.0. The summed E-state index contributed by atoms with van der Waals surface area (Å²) in [5, 5.41) is 0. The molecule has 2 heterocycles. The summed E-state index contributed by atoms with van der Waals surface area (Å²) in [4.78, 5) is 6.48. The zero-order chi connectivity index (χ0) is 15.7. The second kappa shape index (κ2) is 5.61. The number of nitrogens with zero attached hydrogens (tertiary/aromatic N) is 2. The summed E-state index contributed by atoms with van der Waals surface area (Å²) in [6, 6.07) is 11.2. The second-order valence-corrected chi connectivity index (χ2v) is 6.91. The number of hydrogen-bond acceptors (Lipinski definition) is 5. The van der Waals surface area contributed by atoms with Crippen molar-refractivity contribution in [3.63, 3.8) is 0 Å². The quantitative estimate of drug-likeness (QED) is 0.881. The molecular formula is C16H18N2O3S. The first-order valence-corrected chi connectivity index (χ1v) is 8.43. The lowest BCUT2D eigenvalue weighted by molar-refractivity contribution is 0.108. The van der Waals surface area contributed by atoms with E-state index in [2.05, 4.69) is 9.88 Å². The maximum absolute atomic E-state index is 11.0. The number of rotatable bonds is 3. The molecule has 116 valence electrons. The standard InChI is InChI=1S/C16H18N2O3S/c1-16(2)11-18(15-5-3-4-8-17-15)13-9-12(10-22(19)20)6-7-14(13)21-16/h3-9,22H,10-11H2,1-2H3. The van der Waals surface area contributed by atoms with E-state index in [0.717, 1.165) is 22.8 Å². The first kappa shape index (κ1) is 14.8. The van der Waals surface area contributed by atoms with Crippen LogP contribution in [-0.4, -0.2) is 25.5 Å². The van der Waals surface area contributed by atoms with Gasteiger partial charge in [-0.1, -0.05) is 12.1 Å². The van der Waals surface area contributed by atoms with Gasteiger partial charge >= 0.3 is 0 Å². The molecule has 0 saturated heterocycles. The monoisotopic (exact) mass is 318 g/mol. The molecule has 0 saturated carbocycles. The molecule has 0 spiro atoms. The second-order valence-electron chi connectivity index (χ2n) is 5.93. The maximum atomic E-state index is 11.0. The van der Waals surface area contributed by atoms with Gasteiger partial charge in [0.2, 0.25) is 0 Å². The van der Waals surface area contributed by atoms with Crippen molar-refractivity contribution in [2.24, 2.45) is 0 Å². The summed E-state index contributed by atoms with van der Waals surface area (Å²) in [5.74, 6) is 1.60. The van der Waals surface area contributed by atoms with Gasteiger partial charge in [-0.3, -0.25) is 0 Å². The molecule has 1 aromatic heterocycles. The maximum Gasteiger partial charge on any atom is 0.144 e. The van der Waals surface area contributed by atoms with Gasteiger partial charge in [-0.2, -0.15) is 0 Å². The molecule has 0 N–H and O–H groups in total. The largest absolute Gasteiger partial charge is 0.484 e. The van der Waals surface area contributed by atoms with E-state index in [1.807, 2.05) is 44.2 Å². The number of ether oxygens (including phenoxy) is 1. The van der Waals surface area contributed by atoms with Crippen LogP contribution in [0, 0.1) is 0 Å². The van der Waals surface area contributed by atoms with Crippen LogP contribution >= 0.6 is 0 Å². The lowest BCUT2D eigenvalue weighted by Gasteiger charge is -2.40. The number of thiol groups is 1. The molecule has 0 amide bonds. The molecule has 22 heavy (non-hydrogen) atoms. The number of hydrogen-bond donors (Lipinski definition) is 1. The van der Waals surface area contributed by atoms with E-state index in [9.17, 15) is 8.42 Å². The fourth-order valence-corrected chi connectivity index (χ4v) is 3.12. The van der Waals surface area contributed by atoms with Gasteiger partial charge in [0.15, 0.2) is 0 Å². The molecule has 2 aromatic rings. The Hall–Kier alpha value is -2.08. The van der Waals surface area contributed by atoms with Crippen molar-refractivity contribution in [3.8, 4) is 5.75 Å². The van der Waals surface area contributed by atoms with Crippen molar-refractivity contribution in [2.75, 3.05) is 11.4 Å². The lowest BCUT2D eigenvalue weighted by Crippen LogP contribution is -2.45. The Morgan fingerprint density at radius 1 is 1.27 bits per heavy atom. The number of anilines is 2. The summed E-state index contributed by atoms with van der Waals surface area (Å²) in [6.07, 6.45) is 1.75. The summed E-state index contributed by atoms with van der Waals surface area (Å²) in [5.41, 5.74) is 1.25. The van der Waals surface area contributed by atoms with Crippen molar-refractivity contribution in [1.29, 1.82) is 0 Å². The number of pyridine rings is 1. The van der Waals surface area contributed by atoms with Gasteiger partial charge in [0.1, 0.15) is 27.9 Å². The molecule has 5 nitrogen and oxygen atoms in total. The third-order valence-electron chi connectivity index (χ3n) is 3.48. The zero-order valence-corrected chi connectivity index (χ0v) is 13.4. The Kier molecular flexibility index (Phi) is 3.78. The topological polar surface area (TPSA) is 59.5 Å². The van der Waals surface area contributed by atoms with Crippen molar-refractivity contribution >= 4 is 22.2 Å². The average Bonchev–Trinajstić information content (AvgIpc) is 2.46. The molecule has 1 aliphatic heterocycles. The predicted molar refractivity (Wildman–Crippen MR) is 86.4 cm³/mol. The minimum absolute atomic E-state index is 0.0298. The van der Waals surface area contributed by atoms with Gasteiger partial charge in [-0.15, -0.1) is 0 Å². The molecule has 3 rings (SSSR count).